The van der Waals surface area contributed by atoms with Gasteiger partial charge in [-0.2, -0.15) is 0 Å². The molecular weight excluding hydrogens is 322 g/mol. The number of rotatable bonds is 9. The maximum Gasteiger partial charge on any atom is 0.0879 e. The van der Waals surface area contributed by atoms with Crippen LogP contribution in [0.25, 0.3) is 0 Å². The molecule has 4 heteroatoms. The predicted octanol–water partition coefficient (Wildman–Crippen LogP) is 5.15. The number of hydrogen-bond acceptors (Lipinski definition) is 3. The van der Waals surface area contributed by atoms with E-state index < -0.39 is 0 Å². The van der Waals surface area contributed by atoms with E-state index in [-0.39, 0.29) is 11.6 Å². The minimum absolute atomic E-state index is 0.114. The summed E-state index contributed by atoms with van der Waals surface area (Å²) in [6.07, 6.45) is 3.17. The monoisotopic (exact) mass is 347 g/mol. The van der Waals surface area contributed by atoms with Crippen LogP contribution in [0.5, 0.6) is 0 Å². The van der Waals surface area contributed by atoms with E-state index in [9.17, 15) is 0 Å². The molecule has 0 amide bonds. The quantitative estimate of drug-likeness (QED) is 0.667. The minimum Gasteiger partial charge on any atom is -0.373 e. The molecule has 0 saturated carbocycles. The minimum atomic E-state index is -0.114. The van der Waals surface area contributed by atoms with Crippen molar-refractivity contribution in [3.63, 3.8) is 0 Å². The fourth-order valence-electron chi connectivity index (χ4n) is 2.55. The molecule has 2 nitrogen and oxygen atoms in total. The van der Waals surface area contributed by atoms with Gasteiger partial charge in [-0.15, -0.1) is 11.3 Å². The summed E-state index contributed by atoms with van der Waals surface area (Å²) in [4.78, 5) is 1.35. The Morgan fingerprint density at radius 3 is 2.42 bits per heavy atom. The molecule has 1 heterocycles. The lowest BCUT2D eigenvalue weighted by Crippen LogP contribution is -2.45. The lowest BCUT2D eigenvalue weighted by atomic mass is 9.87. The van der Waals surface area contributed by atoms with Crippen molar-refractivity contribution < 1.29 is 4.74 Å². The van der Waals surface area contributed by atoms with Gasteiger partial charge in [-0.1, -0.05) is 20.8 Å². The molecule has 1 unspecified atom stereocenters. The molecule has 0 aromatic carbocycles. The van der Waals surface area contributed by atoms with Crippen molar-refractivity contribution >= 4 is 27.3 Å². The van der Waals surface area contributed by atoms with Gasteiger partial charge in [0.1, 0.15) is 0 Å². The van der Waals surface area contributed by atoms with Crippen molar-refractivity contribution in [1.82, 2.24) is 5.32 Å². The molecule has 0 bridgehead atoms. The number of hydrogen-bond donors (Lipinski definition) is 1. The van der Waals surface area contributed by atoms with Crippen molar-refractivity contribution in [2.75, 3.05) is 13.2 Å². The summed E-state index contributed by atoms with van der Waals surface area (Å²) < 4.78 is 7.38. The van der Waals surface area contributed by atoms with Gasteiger partial charge < -0.3 is 10.1 Å². The molecule has 0 aliphatic carbocycles. The third kappa shape index (κ3) is 4.03. The van der Waals surface area contributed by atoms with E-state index in [2.05, 4.69) is 60.4 Å². The Morgan fingerprint density at radius 2 is 2.00 bits per heavy atom. The molecular formula is C15H26BrNOS. The summed E-state index contributed by atoms with van der Waals surface area (Å²) in [5, 5.41) is 5.84. The Balaban J connectivity index is 3.09. The van der Waals surface area contributed by atoms with E-state index in [1.165, 1.54) is 9.35 Å². The summed E-state index contributed by atoms with van der Waals surface area (Å²) in [6.45, 7) is 10.5. The Kier molecular flexibility index (Phi) is 7.58. The number of ether oxygens (including phenoxy) is 1. The molecule has 0 aliphatic heterocycles. The number of thiophene rings is 1. The molecule has 110 valence electrons. The van der Waals surface area contributed by atoms with E-state index in [4.69, 9.17) is 4.74 Å². The van der Waals surface area contributed by atoms with Gasteiger partial charge in [0.2, 0.25) is 0 Å². The van der Waals surface area contributed by atoms with Crippen molar-refractivity contribution in [2.45, 2.75) is 58.6 Å². The largest absolute Gasteiger partial charge is 0.373 e. The van der Waals surface area contributed by atoms with Crippen molar-refractivity contribution in [2.24, 2.45) is 0 Å². The Bertz CT molecular complexity index is 363. The average Bonchev–Trinajstić information content (AvgIpc) is 2.84. The van der Waals surface area contributed by atoms with Crippen LogP contribution in [-0.4, -0.2) is 18.8 Å². The molecule has 1 N–H and O–H groups in total. The summed E-state index contributed by atoms with van der Waals surface area (Å²) in [5.41, 5.74) is -0.114. The topological polar surface area (TPSA) is 21.3 Å². The first-order chi connectivity index (χ1) is 9.15. The Morgan fingerprint density at radius 1 is 1.32 bits per heavy atom. The second kappa shape index (κ2) is 8.40. The number of halogens is 1. The highest BCUT2D eigenvalue weighted by Crippen LogP contribution is 2.40. The van der Waals surface area contributed by atoms with Crippen LogP contribution in [0.1, 0.15) is 57.9 Å². The maximum absolute atomic E-state index is 6.19. The first-order valence-electron chi connectivity index (χ1n) is 7.25. The van der Waals surface area contributed by atoms with E-state index in [0.717, 1.165) is 32.4 Å². The number of nitrogens with one attached hydrogen (secondary N) is 1. The second-order valence-corrected chi connectivity index (χ2v) is 6.53. The van der Waals surface area contributed by atoms with Gasteiger partial charge in [0.15, 0.2) is 0 Å². The summed E-state index contributed by atoms with van der Waals surface area (Å²) in [7, 11) is 0. The highest BCUT2D eigenvalue weighted by atomic mass is 79.9. The molecule has 0 aliphatic rings. The first kappa shape index (κ1) is 17.2. The lowest BCUT2D eigenvalue weighted by Gasteiger charge is -2.39. The predicted molar refractivity (Wildman–Crippen MR) is 88.0 cm³/mol. The Labute approximate surface area is 130 Å². The van der Waals surface area contributed by atoms with Crippen LogP contribution >= 0.6 is 27.3 Å². The van der Waals surface area contributed by atoms with Crippen molar-refractivity contribution in [1.29, 1.82) is 0 Å². The zero-order valence-electron chi connectivity index (χ0n) is 12.5. The molecule has 0 saturated heterocycles. The van der Waals surface area contributed by atoms with Crippen LogP contribution in [0.3, 0.4) is 0 Å². The molecule has 1 rings (SSSR count). The Hall–Kier alpha value is 0.1000. The molecule has 19 heavy (non-hydrogen) atoms. The summed E-state index contributed by atoms with van der Waals surface area (Å²) in [5.74, 6) is 0. The maximum atomic E-state index is 6.19. The van der Waals surface area contributed by atoms with E-state index >= 15 is 0 Å². The third-order valence-electron chi connectivity index (χ3n) is 3.66. The standard InChI is InChI=1S/C15H26BrNOS/c1-5-10-17-14(13-12(16)9-11-19-13)15(6-2,7-3)18-8-4/h9,11,14,17H,5-8,10H2,1-4H3. The summed E-state index contributed by atoms with van der Waals surface area (Å²) >= 11 is 5.48. The normalized spacial score (nSPS) is 13.7. The SMILES string of the molecule is CCCNC(c1sccc1Br)C(CC)(CC)OCC. The first-order valence-corrected chi connectivity index (χ1v) is 8.92. The van der Waals surface area contributed by atoms with Crippen molar-refractivity contribution in [3.05, 3.63) is 20.8 Å². The summed E-state index contributed by atoms with van der Waals surface area (Å²) in [6, 6.07) is 2.39. The third-order valence-corrected chi connectivity index (χ3v) is 5.60. The van der Waals surface area contributed by atoms with E-state index in [0.29, 0.717) is 0 Å². The smallest absolute Gasteiger partial charge is 0.0879 e. The van der Waals surface area contributed by atoms with Gasteiger partial charge in [-0.05, 0) is 60.1 Å². The van der Waals surface area contributed by atoms with Gasteiger partial charge in [-0.3, -0.25) is 0 Å². The van der Waals surface area contributed by atoms with Gasteiger partial charge in [0.05, 0.1) is 11.6 Å². The fourth-order valence-corrected chi connectivity index (χ4v) is 4.33. The molecule has 0 spiro atoms. The van der Waals surface area contributed by atoms with Crippen molar-refractivity contribution in [3.8, 4) is 0 Å². The zero-order valence-corrected chi connectivity index (χ0v) is 14.9. The lowest BCUT2D eigenvalue weighted by molar-refractivity contribution is -0.0726. The van der Waals surface area contributed by atoms with Gasteiger partial charge >= 0.3 is 0 Å². The van der Waals surface area contributed by atoms with Crippen LogP contribution in [0, 0.1) is 0 Å². The highest BCUT2D eigenvalue weighted by molar-refractivity contribution is 9.10. The average molecular weight is 348 g/mol. The van der Waals surface area contributed by atoms with E-state index in [1.54, 1.807) is 11.3 Å². The molecule has 0 radical (unpaired) electrons. The van der Waals surface area contributed by atoms with Crippen LogP contribution in [0.4, 0.5) is 0 Å². The molecule has 1 aromatic rings. The molecule has 1 aromatic heterocycles. The van der Waals surface area contributed by atoms with E-state index in [1.807, 2.05) is 0 Å². The van der Waals surface area contributed by atoms with Crippen LogP contribution in [0.15, 0.2) is 15.9 Å². The van der Waals surface area contributed by atoms with Crippen LogP contribution < -0.4 is 5.32 Å². The second-order valence-electron chi connectivity index (χ2n) is 4.72. The zero-order chi connectivity index (χ0) is 14.3. The van der Waals surface area contributed by atoms with Gasteiger partial charge in [0, 0.05) is 16.0 Å². The van der Waals surface area contributed by atoms with Crippen LogP contribution in [-0.2, 0) is 4.74 Å². The van der Waals surface area contributed by atoms with Gasteiger partial charge in [-0.25, -0.2) is 0 Å². The fraction of sp³-hybridized carbons (Fsp3) is 0.733. The molecule has 1 atom stereocenters. The van der Waals surface area contributed by atoms with Crippen LogP contribution in [0.2, 0.25) is 0 Å². The van der Waals surface area contributed by atoms with Gasteiger partial charge in [0.25, 0.3) is 0 Å². The molecule has 0 fully saturated rings. The highest BCUT2D eigenvalue weighted by Gasteiger charge is 2.38.